The fourth-order valence-electron chi connectivity index (χ4n) is 8.91. The van der Waals surface area contributed by atoms with Gasteiger partial charge < -0.3 is 46.3 Å². The molecule has 368 valence electrons. The first-order chi connectivity index (χ1) is 34.4. The van der Waals surface area contributed by atoms with E-state index in [0.29, 0.717) is 66.3 Å². The molecule has 4 aromatic heterocycles. The normalized spacial score (nSPS) is 15.6. The van der Waals surface area contributed by atoms with E-state index < -0.39 is 11.8 Å². The highest BCUT2D eigenvalue weighted by molar-refractivity contribution is 6.00. The van der Waals surface area contributed by atoms with E-state index in [1.807, 2.05) is 11.0 Å². The Morgan fingerprint density at radius 1 is 0.592 bits per heavy atom. The molecule has 1 aliphatic carbocycles. The number of rotatable bonds is 12. The van der Waals surface area contributed by atoms with Crippen molar-refractivity contribution in [1.29, 1.82) is 0 Å². The molecule has 0 radical (unpaired) electrons. The van der Waals surface area contributed by atoms with Crippen molar-refractivity contribution in [2.45, 2.75) is 65.0 Å². The molecule has 7 amide bonds. The van der Waals surface area contributed by atoms with E-state index >= 15 is 0 Å². The Balaban J connectivity index is 0.000000176. The van der Waals surface area contributed by atoms with E-state index in [-0.39, 0.29) is 84.5 Å². The van der Waals surface area contributed by atoms with Crippen LogP contribution in [0.1, 0.15) is 105 Å². The van der Waals surface area contributed by atoms with Crippen molar-refractivity contribution >= 4 is 64.0 Å². The second-order valence-corrected chi connectivity index (χ2v) is 17.8. The molecule has 0 spiro atoms. The van der Waals surface area contributed by atoms with Crippen LogP contribution in [0, 0.1) is 11.8 Å². The predicted octanol–water partition coefficient (Wildman–Crippen LogP) is 3.28. The van der Waals surface area contributed by atoms with Gasteiger partial charge in [-0.25, -0.2) is 19.0 Å². The monoisotopic (exact) mass is 967 g/mol. The smallest absolute Gasteiger partial charge is 0.270 e. The lowest BCUT2D eigenvalue weighted by Crippen LogP contribution is -2.40. The highest BCUT2D eigenvalue weighted by Gasteiger charge is 2.25. The van der Waals surface area contributed by atoms with Crippen molar-refractivity contribution in [3.63, 3.8) is 0 Å². The van der Waals surface area contributed by atoms with Gasteiger partial charge >= 0.3 is 0 Å². The zero-order valence-corrected chi connectivity index (χ0v) is 39.0. The van der Waals surface area contributed by atoms with Gasteiger partial charge in [0, 0.05) is 70.5 Å². The number of aromatic nitrogens is 6. The molecule has 3 aliphatic heterocycles. The molecule has 0 atom stereocenters. The van der Waals surface area contributed by atoms with E-state index in [1.165, 1.54) is 46.6 Å². The third-order valence-electron chi connectivity index (χ3n) is 12.8. The molecule has 22 nitrogen and oxygen atoms in total. The number of carbonyl (C=O) groups excluding carboxylic acids is 7. The third kappa shape index (κ3) is 11.5. The van der Waals surface area contributed by atoms with E-state index in [1.54, 1.807) is 55.6 Å². The first-order valence-electron chi connectivity index (χ1n) is 23.6. The lowest BCUT2D eigenvalue weighted by atomic mass is 9.89. The molecule has 71 heavy (non-hydrogen) atoms. The lowest BCUT2D eigenvalue weighted by Gasteiger charge is -2.31. The largest absolute Gasteiger partial charge is 0.482 e. The van der Waals surface area contributed by atoms with Gasteiger partial charge in [0.15, 0.2) is 24.5 Å². The highest BCUT2D eigenvalue weighted by Crippen LogP contribution is 2.30. The summed E-state index contributed by atoms with van der Waals surface area (Å²) in [4.78, 5) is 96.9. The van der Waals surface area contributed by atoms with E-state index in [2.05, 4.69) is 52.1 Å². The number of anilines is 2. The molecule has 7 heterocycles. The number of hydrogen-bond acceptors (Lipinski definition) is 13. The number of nitrogens with one attached hydrogen (secondary N) is 6. The van der Waals surface area contributed by atoms with Crippen LogP contribution in [0.2, 0.25) is 0 Å². The third-order valence-corrected chi connectivity index (χ3v) is 12.8. The summed E-state index contributed by atoms with van der Waals surface area (Å²) in [7, 11) is 0. The van der Waals surface area contributed by atoms with Crippen LogP contribution in [-0.2, 0) is 27.5 Å². The van der Waals surface area contributed by atoms with Gasteiger partial charge in [0.05, 0.1) is 23.8 Å². The second-order valence-electron chi connectivity index (χ2n) is 17.8. The quantitative estimate of drug-likeness (QED) is 0.103. The molecule has 22 heteroatoms. The standard InChI is InChI=1S/C25H27N7O5.C24H26N6O4/c1-15(33)31-8-5-16(6-9-31)12-27-25(36)20-11-19(29-22-4-7-28-32(20)22)24(35)26-13-17-2-3-21-18(10-17)30-23(34)14-37-21;31-22-14-34-20-7-6-16(10-17(20)29-22)13-25-23(32)18-11-19(30-21(28-18)8-9-27-30)24(33)26-12-15-4-2-1-3-5-15/h2-4,7,10-11,16H,5-6,8-9,12-14H2,1H3,(H,26,35)(H,27,36)(H,30,34);6-11,15H,1-5,12-14H2,(H,25,32)(H,26,33)(H,29,31). The van der Waals surface area contributed by atoms with E-state index in [9.17, 15) is 33.6 Å². The van der Waals surface area contributed by atoms with Gasteiger partial charge in [-0.2, -0.15) is 10.2 Å². The molecular formula is C49H53N13O9. The summed E-state index contributed by atoms with van der Waals surface area (Å²) in [5.41, 5.74) is 4.15. The SMILES string of the molecule is CC(=O)N1CCC(CNC(=O)c2cc(C(=O)NCc3ccc4c(c3)NC(=O)CO4)nc3ccnn23)CC1.O=C1COc2ccc(CNC(=O)c3cc(C(=O)NCC4CCCCC4)n4nccc4n3)cc2N1. The van der Waals surface area contributed by atoms with Gasteiger partial charge in [-0.05, 0) is 72.9 Å². The number of hydrogen-bond donors (Lipinski definition) is 6. The zero-order valence-electron chi connectivity index (χ0n) is 39.0. The fraction of sp³-hybridized carbons (Fsp3) is 0.367. The molecule has 4 aliphatic rings. The Hall–Kier alpha value is -8.43. The van der Waals surface area contributed by atoms with Crippen molar-refractivity contribution in [3.05, 3.63) is 107 Å². The first kappa shape index (κ1) is 47.6. The molecule has 2 fully saturated rings. The zero-order chi connectivity index (χ0) is 49.4. The van der Waals surface area contributed by atoms with Crippen molar-refractivity contribution < 1.29 is 43.0 Å². The minimum Gasteiger partial charge on any atom is -0.482 e. The van der Waals surface area contributed by atoms with Gasteiger partial charge in [-0.1, -0.05) is 31.4 Å². The molecule has 10 rings (SSSR count). The molecule has 0 unspecified atom stereocenters. The van der Waals surface area contributed by atoms with E-state index in [4.69, 9.17) is 9.47 Å². The summed E-state index contributed by atoms with van der Waals surface area (Å²) in [6.45, 7) is 4.38. The van der Waals surface area contributed by atoms with Crippen LogP contribution in [0.25, 0.3) is 11.3 Å². The highest BCUT2D eigenvalue weighted by atomic mass is 16.5. The average Bonchev–Trinajstić information content (AvgIpc) is 4.08. The van der Waals surface area contributed by atoms with Gasteiger partial charge in [0.25, 0.3) is 35.4 Å². The Morgan fingerprint density at radius 3 is 1.52 bits per heavy atom. The van der Waals surface area contributed by atoms with Gasteiger partial charge in [0.2, 0.25) is 5.91 Å². The van der Waals surface area contributed by atoms with Crippen molar-refractivity contribution in [3.8, 4) is 11.5 Å². The molecular weight excluding hydrogens is 915 g/mol. The number of amides is 7. The maximum atomic E-state index is 13.0. The van der Waals surface area contributed by atoms with Crippen LogP contribution in [0.3, 0.4) is 0 Å². The Kier molecular flexibility index (Phi) is 14.4. The maximum Gasteiger partial charge on any atom is 0.270 e. The molecule has 6 aromatic rings. The van der Waals surface area contributed by atoms with Crippen molar-refractivity contribution in [2.75, 3.05) is 50.0 Å². The summed E-state index contributed by atoms with van der Waals surface area (Å²) in [5.74, 6) is 0.0283. The van der Waals surface area contributed by atoms with Crippen molar-refractivity contribution in [2.24, 2.45) is 11.8 Å². The van der Waals surface area contributed by atoms with Crippen LogP contribution >= 0.6 is 0 Å². The Morgan fingerprint density at radius 2 is 1.06 bits per heavy atom. The van der Waals surface area contributed by atoms with Crippen LogP contribution in [0.15, 0.2) is 73.1 Å². The summed E-state index contributed by atoms with van der Waals surface area (Å²) in [5, 5.41) is 25.4. The molecule has 0 bridgehead atoms. The van der Waals surface area contributed by atoms with Crippen LogP contribution in [0.5, 0.6) is 11.5 Å². The summed E-state index contributed by atoms with van der Waals surface area (Å²) < 4.78 is 13.6. The van der Waals surface area contributed by atoms with Gasteiger partial charge in [0.1, 0.15) is 34.3 Å². The summed E-state index contributed by atoms with van der Waals surface area (Å²) >= 11 is 0. The number of nitrogens with zero attached hydrogens (tertiary/aromatic N) is 7. The van der Waals surface area contributed by atoms with Crippen LogP contribution in [-0.4, -0.2) is 115 Å². The van der Waals surface area contributed by atoms with Crippen molar-refractivity contribution in [1.82, 2.24) is 55.4 Å². The molecule has 1 saturated heterocycles. The number of benzene rings is 2. The van der Waals surface area contributed by atoms with Crippen LogP contribution < -0.4 is 41.4 Å². The van der Waals surface area contributed by atoms with Gasteiger partial charge in [-0.3, -0.25) is 33.6 Å². The molecule has 6 N–H and O–H groups in total. The Labute approximate surface area is 406 Å². The number of carbonyl (C=O) groups is 7. The predicted molar refractivity (Wildman–Crippen MR) is 256 cm³/mol. The summed E-state index contributed by atoms with van der Waals surface area (Å²) in [6.07, 6.45) is 10.6. The summed E-state index contributed by atoms with van der Waals surface area (Å²) in [6, 6.07) is 16.7. The number of fused-ring (bicyclic) bond motifs is 4. The Bertz CT molecular complexity index is 3030. The number of likely N-dealkylation sites (tertiary alicyclic amines) is 1. The van der Waals surface area contributed by atoms with E-state index in [0.717, 1.165) is 36.8 Å². The maximum absolute atomic E-state index is 13.0. The van der Waals surface area contributed by atoms with Crippen LogP contribution in [0.4, 0.5) is 11.4 Å². The lowest BCUT2D eigenvalue weighted by molar-refractivity contribution is -0.130. The minimum atomic E-state index is -0.452. The first-order valence-corrected chi connectivity index (χ1v) is 23.6. The molecule has 2 aromatic carbocycles. The number of ether oxygens (including phenoxy) is 2. The van der Waals surface area contributed by atoms with Gasteiger partial charge in [-0.15, -0.1) is 0 Å². The minimum absolute atomic E-state index is 0.0115. The number of piperidine rings is 1. The second kappa shape index (κ2) is 21.5. The topological polar surface area (TPSA) is 274 Å². The average molecular weight is 968 g/mol. The molecule has 1 saturated carbocycles. The fourth-order valence-corrected chi connectivity index (χ4v) is 8.91.